The molecule has 1 aliphatic carbocycles. The number of aromatic nitrogens is 2. The number of hydrogen-bond donors (Lipinski definition) is 0. The van der Waals surface area contributed by atoms with Gasteiger partial charge in [0.05, 0.1) is 6.10 Å². The number of hydrogen-bond acceptors (Lipinski definition) is 8. The summed E-state index contributed by atoms with van der Waals surface area (Å²) in [5.41, 5.74) is 1.61. The fraction of sp³-hybridized carbons (Fsp3) is 0.275. The Morgan fingerprint density at radius 1 is 0.812 bits per heavy atom. The summed E-state index contributed by atoms with van der Waals surface area (Å²) in [6.07, 6.45) is 22.4. The van der Waals surface area contributed by atoms with Crippen LogP contribution in [-0.4, -0.2) is 46.2 Å². The van der Waals surface area contributed by atoms with Gasteiger partial charge in [0.15, 0.2) is 0 Å². The molecule has 1 fully saturated rings. The third-order valence-corrected chi connectivity index (χ3v) is 8.88. The summed E-state index contributed by atoms with van der Waals surface area (Å²) in [7, 11) is 0. The molecule has 8 nitrogen and oxygen atoms in total. The van der Waals surface area contributed by atoms with Crippen molar-refractivity contribution >= 4 is 51.6 Å². The van der Waals surface area contributed by atoms with Gasteiger partial charge in [-0.25, -0.2) is 14.4 Å². The molecule has 8 heteroatoms. The Kier molecular flexibility index (Phi) is 10.5. The number of carbonyl (C=O) groups excluding carboxylic acids is 3. The maximum absolute atomic E-state index is 13.2. The van der Waals surface area contributed by atoms with Gasteiger partial charge in [0.2, 0.25) is 0 Å². The Balaban J connectivity index is 1.20. The molecule has 244 valence electrons. The van der Waals surface area contributed by atoms with E-state index in [2.05, 4.69) is 22.1 Å². The molecule has 5 atom stereocenters. The van der Waals surface area contributed by atoms with Gasteiger partial charge in [0.25, 0.3) is 0 Å². The van der Waals surface area contributed by atoms with Gasteiger partial charge in [-0.3, -0.25) is 9.97 Å². The van der Waals surface area contributed by atoms with Crippen LogP contribution < -0.4 is 0 Å². The molecule has 6 rings (SSSR count). The summed E-state index contributed by atoms with van der Waals surface area (Å²) in [5.74, 6) is -1.78. The number of nitrogens with zero attached hydrogens (tertiary/aromatic N) is 2. The lowest BCUT2D eigenvalue weighted by Gasteiger charge is -2.24. The number of allylic oxidation sites excluding steroid dienone is 2. The van der Waals surface area contributed by atoms with Crippen molar-refractivity contribution in [3.8, 4) is 0 Å². The molecule has 48 heavy (non-hydrogen) atoms. The lowest BCUT2D eigenvalue weighted by atomic mass is 9.89. The summed E-state index contributed by atoms with van der Waals surface area (Å²) < 4.78 is 17.5. The number of ether oxygens (including phenoxy) is 3. The minimum absolute atomic E-state index is 0.0445. The van der Waals surface area contributed by atoms with Crippen molar-refractivity contribution in [2.75, 3.05) is 0 Å². The maximum Gasteiger partial charge on any atom is 0.331 e. The third-order valence-electron chi connectivity index (χ3n) is 8.88. The van der Waals surface area contributed by atoms with E-state index in [4.69, 9.17) is 14.2 Å². The lowest BCUT2D eigenvalue weighted by Crippen LogP contribution is -2.27. The second-order valence-electron chi connectivity index (χ2n) is 12.3. The first kappa shape index (κ1) is 32.6. The lowest BCUT2D eigenvalue weighted by molar-refractivity contribution is -0.146. The van der Waals surface area contributed by atoms with Crippen molar-refractivity contribution in [3.63, 3.8) is 0 Å². The van der Waals surface area contributed by atoms with Gasteiger partial charge in [-0.15, -0.1) is 0 Å². The predicted octanol–water partition coefficient (Wildman–Crippen LogP) is 7.59. The third kappa shape index (κ3) is 8.31. The van der Waals surface area contributed by atoms with Crippen molar-refractivity contribution in [2.45, 2.75) is 57.3 Å². The topological polar surface area (TPSA) is 105 Å². The SMILES string of the molecule is C[C@H]1CCC/C=C/[C@@H]2C[C@H](OC(=O)/C=C/c3cncc4ccccc34)C[C@H]2[C@H](OC(=O)/C=C/c2cncc3ccccc23)/C=C/C(=O)O1. The average Bonchev–Trinajstić information content (AvgIpc) is 3.49. The minimum atomic E-state index is -0.757. The van der Waals surface area contributed by atoms with Crippen molar-refractivity contribution in [1.82, 2.24) is 9.97 Å². The van der Waals surface area contributed by atoms with Crippen LogP contribution in [0.25, 0.3) is 33.7 Å². The summed E-state index contributed by atoms with van der Waals surface area (Å²) in [6.45, 7) is 1.87. The van der Waals surface area contributed by atoms with Gasteiger partial charge in [-0.1, -0.05) is 60.7 Å². The molecule has 1 saturated carbocycles. The highest BCUT2D eigenvalue weighted by Gasteiger charge is 2.40. The first-order chi connectivity index (χ1) is 23.4. The van der Waals surface area contributed by atoms with Crippen molar-refractivity contribution in [3.05, 3.63) is 121 Å². The first-order valence-electron chi connectivity index (χ1n) is 16.4. The molecule has 0 N–H and O–H groups in total. The van der Waals surface area contributed by atoms with Crippen LogP contribution in [0.5, 0.6) is 0 Å². The molecule has 2 aromatic carbocycles. The molecule has 4 aromatic rings. The van der Waals surface area contributed by atoms with Crippen molar-refractivity contribution in [1.29, 1.82) is 0 Å². The summed E-state index contributed by atoms with van der Waals surface area (Å²) in [6, 6.07) is 15.7. The Hall–Kier alpha value is -5.37. The number of pyridine rings is 2. The summed E-state index contributed by atoms with van der Waals surface area (Å²) in [4.78, 5) is 47.5. The van der Waals surface area contributed by atoms with Gasteiger partial charge in [0, 0.05) is 70.8 Å². The van der Waals surface area contributed by atoms with E-state index in [1.807, 2.05) is 55.5 Å². The highest BCUT2D eigenvalue weighted by atomic mass is 16.6. The van der Waals surface area contributed by atoms with Crippen LogP contribution in [0.15, 0.2) is 110 Å². The minimum Gasteiger partial charge on any atom is -0.460 e. The number of cyclic esters (lactones) is 1. The van der Waals surface area contributed by atoms with E-state index in [1.165, 1.54) is 18.2 Å². The molecular formula is C40H38N2O6. The maximum atomic E-state index is 13.2. The predicted molar refractivity (Wildman–Crippen MR) is 185 cm³/mol. The Morgan fingerprint density at radius 2 is 1.44 bits per heavy atom. The molecule has 0 saturated heterocycles. The molecule has 0 amide bonds. The fourth-order valence-corrected chi connectivity index (χ4v) is 6.52. The van der Waals surface area contributed by atoms with Crippen LogP contribution in [0, 0.1) is 11.8 Å². The van der Waals surface area contributed by atoms with Crippen molar-refractivity contribution < 1.29 is 28.6 Å². The van der Waals surface area contributed by atoms with Gasteiger partial charge in [0.1, 0.15) is 12.2 Å². The van der Waals surface area contributed by atoms with Crippen molar-refractivity contribution in [2.24, 2.45) is 11.8 Å². The van der Waals surface area contributed by atoms with E-state index < -0.39 is 30.1 Å². The monoisotopic (exact) mass is 642 g/mol. The second-order valence-corrected chi connectivity index (χ2v) is 12.3. The fourth-order valence-electron chi connectivity index (χ4n) is 6.52. The van der Waals surface area contributed by atoms with E-state index in [1.54, 1.807) is 43.0 Å². The number of benzene rings is 2. The highest BCUT2D eigenvalue weighted by Crippen LogP contribution is 2.39. The molecule has 0 spiro atoms. The van der Waals surface area contributed by atoms with E-state index in [-0.39, 0.29) is 17.9 Å². The number of carbonyl (C=O) groups is 3. The largest absolute Gasteiger partial charge is 0.460 e. The highest BCUT2D eigenvalue weighted by molar-refractivity contribution is 5.95. The molecule has 0 bridgehead atoms. The average molecular weight is 643 g/mol. The van der Waals surface area contributed by atoms with E-state index in [0.29, 0.717) is 12.8 Å². The molecular weight excluding hydrogens is 604 g/mol. The first-order valence-corrected chi connectivity index (χ1v) is 16.4. The Labute approximate surface area is 279 Å². The van der Waals surface area contributed by atoms with E-state index in [0.717, 1.165) is 51.9 Å². The van der Waals surface area contributed by atoms with E-state index in [9.17, 15) is 14.4 Å². The normalized spacial score (nSPS) is 24.7. The number of esters is 3. The second kappa shape index (κ2) is 15.5. The summed E-state index contributed by atoms with van der Waals surface area (Å²) >= 11 is 0. The smallest absolute Gasteiger partial charge is 0.331 e. The zero-order valence-corrected chi connectivity index (χ0v) is 26.8. The van der Waals surface area contributed by atoms with Crippen LogP contribution in [0.3, 0.4) is 0 Å². The zero-order chi connectivity index (χ0) is 33.3. The van der Waals surface area contributed by atoms with Crippen LogP contribution in [0.4, 0.5) is 0 Å². The molecule has 2 aliphatic rings. The molecule has 0 radical (unpaired) electrons. The molecule has 1 aliphatic heterocycles. The Morgan fingerprint density at radius 3 is 2.10 bits per heavy atom. The van der Waals surface area contributed by atoms with Crippen LogP contribution in [-0.2, 0) is 28.6 Å². The van der Waals surface area contributed by atoms with E-state index >= 15 is 0 Å². The van der Waals surface area contributed by atoms with Crippen LogP contribution in [0.2, 0.25) is 0 Å². The standard InChI is InChI=1S/C40H38N2O6/c1-27-9-3-2-4-10-28-21-33(47-39(44)18-15-31-25-41-23-29-11-5-7-13-34(29)31)22-36(28)37(17-20-38(43)46-27)48-40(45)19-16-32-26-42-24-30-12-6-8-14-35(30)32/h4-8,10-20,23-28,33,36-37H,2-3,9,21-22H2,1H3/b10-4+,18-15+,19-16+,20-17+/t27-,28+,33-,36+,37+/m0/s1. The van der Waals surface area contributed by atoms with Crippen LogP contribution >= 0.6 is 0 Å². The number of fused-ring (bicyclic) bond motifs is 3. The Bertz CT molecular complexity index is 1900. The zero-order valence-electron chi connectivity index (χ0n) is 26.8. The molecule has 3 heterocycles. The molecule has 2 aromatic heterocycles. The number of rotatable bonds is 6. The van der Waals surface area contributed by atoms with Gasteiger partial charge in [-0.2, -0.15) is 0 Å². The van der Waals surface area contributed by atoms with Gasteiger partial charge >= 0.3 is 17.9 Å². The van der Waals surface area contributed by atoms with Gasteiger partial charge in [-0.05, 0) is 73.9 Å². The van der Waals surface area contributed by atoms with Crippen LogP contribution in [0.1, 0.15) is 50.2 Å². The summed E-state index contributed by atoms with van der Waals surface area (Å²) in [5, 5.41) is 3.90. The molecule has 0 unspecified atom stereocenters. The quantitative estimate of drug-likeness (QED) is 0.0917. The van der Waals surface area contributed by atoms with Gasteiger partial charge < -0.3 is 14.2 Å².